The fraction of sp³-hybridized carbons (Fsp3) is 0.353. The Balaban J connectivity index is 2.65. The second-order valence-electron chi connectivity index (χ2n) is 6.48. The Morgan fingerprint density at radius 1 is 1.23 bits per heavy atom. The number of nitrogens with zero attached hydrogens (tertiary/aromatic N) is 1. The van der Waals surface area contributed by atoms with E-state index in [0.717, 1.165) is 0 Å². The molecule has 0 bridgehead atoms. The molecule has 0 fully saturated rings. The van der Waals surface area contributed by atoms with Crippen molar-refractivity contribution in [2.45, 2.75) is 26.2 Å². The smallest absolute Gasteiger partial charge is 0.314 e. The lowest BCUT2D eigenvalue weighted by Crippen LogP contribution is -2.39. The van der Waals surface area contributed by atoms with Gasteiger partial charge in [0.15, 0.2) is 0 Å². The molecular formula is C17H19NO4. The van der Waals surface area contributed by atoms with E-state index < -0.39 is 22.2 Å². The average Bonchev–Trinajstić information content (AvgIpc) is 2.46. The van der Waals surface area contributed by atoms with Crippen molar-refractivity contribution < 1.29 is 14.8 Å². The maximum absolute atomic E-state index is 11.4. The van der Waals surface area contributed by atoms with E-state index in [-0.39, 0.29) is 11.1 Å². The summed E-state index contributed by atoms with van der Waals surface area (Å²) < 4.78 is 0. The number of allylic oxidation sites excluding steroid dienone is 2. The molecule has 1 aromatic rings. The molecule has 5 heteroatoms. The van der Waals surface area contributed by atoms with E-state index in [4.69, 9.17) is 5.11 Å². The second kappa shape index (κ2) is 5.40. The molecule has 0 atom stereocenters. The first-order valence-electron chi connectivity index (χ1n) is 7.04. The molecule has 0 aromatic heterocycles. The minimum Gasteiger partial charge on any atom is -0.481 e. The molecule has 5 nitrogen and oxygen atoms in total. The molecule has 2 rings (SSSR count). The van der Waals surface area contributed by atoms with Gasteiger partial charge in [-0.15, -0.1) is 0 Å². The second-order valence-corrected chi connectivity index (χ2v) is 6.48. The van der Waals surface area contributed by atoms with Gasteiger partial charge in [0, 0.05) is 17.0 Å². The van der Waals surface area contributed by atoms with Crippen LogP contribution in [0.25, 0.3) is 0 Å². The number of hydrogen-bond acceptors (Lipinski definition) is 3. The molecule has 0 amide bonds. The van der Waals surface area contributed by atoms with Crippen LogP contribution in [-0.2, 0) is 10.2 Å². The number of rotatable bonds is 3. The van der Waals surface area contributed by atoms with Crippen LogP contribution in [0.2, 0.25) is 0 Å². The molecule has 1 aliphatic rings. The van der Waals surface area contributed by atoms with Crippen LogP contribution in [0.5, 0.6) is 0 Å². The van der Waals surface area contributed by atoms with Gasteiger partial charge >= 0.3 is 5.97 Å². The van der Waals surface area contributed by atoms with Crippen LogP contribution in [-0.4, -0.2) is 16.0 Å². The normalized spacial score (nSPS) is 24.2. The van der Waals surface area contributed by atoms with Crippen LogP contribution < -0.4 is 0 Å². The number of carboxylic acids is 1. The Bertz CT molecular complexity index is 653. The van der Waals surface area contributed by atoms with Crippen molar-refractivity contribution in [3.63, 3.8) is 0 Å². The molecule has 1 aromatic carbocycles. The predicted octanol–water partition coefficient (Wildman–Crippen LogP) is 3.71. The zero-order valence-electron chi connectivity index (χ0n) is 12.8. The molecule has 0 saturated carbocycles. The minimum atomic E-state index is -0.933. The number of carboxylic acid groups (broad SMARTS) is 1. The summed E-state index contributed by atoms with van der Waals surface area (Å²) in [7, 11) is 0. The van der Waals surface area contributed by atoms with E-state index in [1.54, 1.807) is 42.5 Å². The maximum atomic E-state index is 11.4. The summed E-state index contributed by atoms with van der Waals surface area (Å²) in [6.45, 7) is 5.96. The van der Waals surface area contributed by atoms with Crippen molar-refractivity contribution in [2.75, 3.05) is 0 Å². The van der Waals surface area contributed by atoms with Crippen molar-refractivity contribution in [1.29, 1.82) is 0 Å². The molecular weight excluding hydrogens is 282 g/mol. The predicted molar refractivity (Wildman–Crippen MR) is 83.6 cm³/mol. The highest BCUT2D eigenvalue weighted by molar-refractivity contribution is 5.75. The maximum Gasteiger partial charge on any atom is 0.314 e. The van der Waals surface area contributed by atoms with Crippen molar-refractivity contribution in [1.82, 2.24) is 0 Å². The van der Waals surface area contributed by atoms with Gasteiger partial charge < -0.3 is 5.11 Å². The topological polar surface area (TPSA) is 80.4 Å². The molecule has 0 heterocycles. The fourth-order valence-corrected chi connectivity index (χ4v) is 2.86. The number of para-hydroxylation sites is 1. The average molecular weight is 301 g/mol. The third-order valence-corrected chi connectivity index (χ3v) is 4.21. The summed E-state index contributed by atoms with van der Waals surface area (Å²) in [5.74, 6) is -1.63. The van der Waals surface area contributed by atoms with E-state index in [1.807, 2.05) is 20.8 Å². The van der Waals surface area contributed by atoms with Crippen LogP contribution in [0, 0.1) is 21.4 Å². The van der Waals surface area contributed by atoms with Gasteiger partial charge in [-0.3, -0.25) is 14.9 Å². The Kier molecular flexibility index (Phi) is 3.92. The van der Waals surface area contributed by atoms with Crippen molar-refractivity contribution in [3.8, 4) is 0 Å². The molecule has 1 N–H and O–H groups in total. The number of nitro benzene ring substituents is 1. The first kappa shape index (κ1) is 15.9. The first-order valence-corrected chi connectivity index (χ1v) is 7.04. The SMILES string of the molecule is CC(C)(C)C1(c2ccccc2[N+](=O)[O-])C=CC(C(=O)O)C=C1. The molecule has 0 spiro atoms. The largest absolute Gasteiger partial charge is 0.481 e. The summed E-state index contributed by atoms with van der Waals surface area (Å²) in [6, 6.07) is 6.61. The van der Waals surface area contributed by atoms with Crippen LogP contribution in [0.1, 0.15) is 26.3 Å². The lowest BCUT2D eigenvalue weighted by Gasteiger charge is -2.42. The monoisotopic (exact) mass is 301 g/mol. The third kappa shape index (κ3) is 2.54. The molecule has 22 heavy (non-hydrogen) atoms. The van der Waals surface area contributed by atoms with Gasteiger partial charge in [-0.25, -0.2) is 0 Å². The van der Waals surface area contributed by atoms with Gasteiger partial charge in [-0.1, -0.05) is 63.3 Å². The van der Waals surface area contributed by atoms with Crippen molar-refractivity contribution in [3.05, 3.63) is 64.2 Å². The zero-order valence-corrected chi connectivity index (χ0v) is 12.8. The van der Waals surface area contributed by atoms with E-state index in [1.165, 1.54) is 6.07 Å². The van der Waals surface area contributed by atoms with E-state index >= 15 is 0 Å². The van der Waals surface area contributed by atoms with Crippen LogP contribution in [0.15, 0.2) is 48.6 Å². The standard InChI is InChI=1S/C17H19NO4/c1-16(2,3)17(10-8-12(9-11-17)15(19)20)13-6-4-5-7-14(13)18(21)22/h4-12H,1-3H3,(H,19,20). The lowest BCUT2D eigenvalue weighted by molar-refractivity contribution is -0.386. The van der Waals surface area contributed by atoms with Crippen molar-refractivity contribution >= 4 is 11.7 Å². The fourth-order valence-electron chi connectivity index (χ4n) is 2.86. The van der Waals surface area contributed by atoms with E-state index in [2.05, 4.69) is 0 Å². The van der Waals surface area contributed by atoms with Gasteiger partial charge in [0.1, 0.15) is 0 Å². The van der Waals surface area contributed by atoms with Gasteiger partial charge in [0.25, 0.3) is 5.69 Å². The van der Waals surface area contributed by atoms with Gasteiger partial charge in [0.2, 0.25) is 0 Å². The summed E-state index contributed by atoms with van der Waals surface area (Å²) in [5, 5.41) is 20.5. The van der Waals surface area contributed by atoms with Crippen LogP contribution >= 0.6 is 0 Å². The number of hydrogen-bond donors (Lipinski definition) is 1. The highest BCUT2D eigenvalue weighted by Crippen LogP contribution is 2.49. The summed E-state index contributed by atoms with van der Waals surface area (Å²) in [5.41, 5.74) is -0.456. The number of aliphatic carboxylic acids is 1. The summed E-state index contributed by atoms with van der Waals surface area (Å²) in [4.78, 5) is 22.1. The zero-order chi connectivity index (χ0) is 16.5. The summed E-state index contributed by atoms with van der Waals surface area (Å²) >= 11 is 0. The van der Waals surface area contributed by atoms with Crippen molar-refractivity contribution in [2.24, 2.45) is 11.3 Å². The molecule has 1 aliphatic carbocycles. The third-order valence-electron chi connectivity index (χ3n) is 4.21. The quantitative estimate of drug-likeness (QED) is 0.524. The van der Waals surface area contributed by atoms with Gasteiger partial charge in [0.05, 0.1) is 10.8 Å². The van der Waals surface area contributed by atoms with Gasteiger partial charge in [-0.2, -0.15) is 0 Å². The number of benzene rings is 1. The first-order chi connectivity index (χ1) is 10.2. The molecule has 0 radical (unpaired) electrons. The van der Waals surface area contributed by atoms with Crippen LogP contribution in [0.4, 0.5) is 5.69 Å². The molecule has 0 aliphatic heterocycles. The summed E-state index contributed by atoms with van der Waals surface area (Å²) in [6.07, 6.45) is 6.77. The molecule has 0 saturated heterocycles. The van der Waals surface area contributed by atoms with E-state index in [9.17, 15) is 14.9 Å². The highest BCUT2D eigenvalue weighted by atomic mass is 16.6. The number of carbonyl (C=O) groups is 1. The Morgan fingerprint density at radius 3 is 2.23 bits per heavy atom. The highest BCUT2D eigenvalue weighted by Gasteiger charge is 2.44. The lowest BCUT2D eigenvalue weighted by atomic mass is 9.60. The Labute approximate surface area is 129 Å². The minimum absolute atomic E-state index is 0.0421. The molecule has 116 valence electrons. The van der Waals surface area contributed by atoms with E-state index in [0.29, 0.717) is 5.56 Å². The Hall–Kier alpha value is -2.43. The van der Waals surface area contributed by atoms with Gasteiger partial charge in [-0.05, 0) is 5.41 Å². The Morgan fingerprint density at radius 2 is 1.77 bits per heavy atom. The molecule has 0 unspecified atom stereocenters. The number of nitro groups is 1. The van der Waals surface area contributed by atoms with Crippen LogP contribution in [0.3, 0.4) is 0 Å².